The van der Waals surface area contributed by atoms with E-state index in [0.717, 1.165) is 0 Å². The Bertz CT molecular complexity index is 531. The van der Waals surface area contributed by atoms with E-state index < -0.39 is 30.4 Å². The Labute approximate surface area is 120 Å². The number of aromatic amines is 1. The number of aromatic nitrogens is 3. The van der Waals surface area contributed by atoms with Gasteiger partial charge in [-0.05, 0) is 0 Å². The first-order valence-electron chi connectivity index (χ1n) is 6.34. The van der Waals surface area contributed by atoms with E-state index in [1.807, 2.05) is 0 Å². The number of rotatable bonds is 4. The molecule has 114 valence electrons. The second-order valence-electron chi connectivity index (χ2n) is 4.67. The van der Waals surface area contributed by atoms with Crippen LogP contribution in [0.4, 0.5) is 4.79 Å². The SMILES string of the molecule is CN(Cc1ncn[nH]1)C(=O)N1CCNC(=O)C1CC(=O)O. The average molecular weight is 296 g/mol. The summed E-state index contributed by atoms with van der Waals surface area (Å²) >= 11 is 0. The summed E-state index contributed by atoms with van der Waals surface area (Å²) in [6.07, 6.45) is 0.906. The van der Waals surface area contributed by atoms with Crippen molar-refractivity contribution >= 4 is 17.9 Å². The minimum atomic E-state index is -1.13. The summed E-state index contributed by atoms with van der Waals surface area (Å²) in [6.45, 7) is 0.761. The number of carbonyl (C=O) groups excluding carboxylic acids is 2. The molecule has 3 amide bonds. The van der Waals surface area contributed by atoms with Crippen molar-refractivity contribution < 1.29 is 19.5 Å². The summed E-state index contributed by atoms with van der Waals surface area (Å²) in [7, 11) is 1.55. The summed E-state index contributed by atoms with van der Waals surface area (Å²) in [4.78, 5) is 41.5. The van der Waals surface area contributed by atoms with Crippen LogP contribution in [-0.4, -0.2) is 74.2 Å². The number of carboxylic acids is 1. The molecule has 0 aliphatic carbocycles. The van der Waals surface area contributed by atoms with Crippen molar-refractivity contribution in [3.63, 3.8) is 0 Å². The van der Waals surface area contributed by atoms with E-state index in [9.17, 15) is 14.4 Å². The molecule has 10 nitrogen and oxygen atoms in total. The molecule has 2 rings (SSSR count). The van der Waals surface area contributed by atoms with E-state index >= 15 is 0 Å². The number of carbonyl (C=O) groups is 3. The lowest BCUT2D eigenvalue weighted by Gasteiger charge is -2.36. The van der Waals surface area contributed by atoms with Crippen LogP contribution in [0.25, 0.3) is 0 Å². The van der Waals surface area contributed by atoms with E-state index in [-0.39, 0.29) is 13.1 Å². The lowest BCUT2D eigenvalue weighted by molar-refractivity contribution is -0.142. The molecule has 0 bridgehead atoms. The Morgan fingerprint density at radius 1 is 1.57 bits per heavy atom. The second-order valence-corrected chi connectivity index (χ2v) is 4.67. The van der Waals surface area contributed by atoms with Gasteiger partial charge in [-0.1, -0.05) is 0 Å². The molecule has 1 fully saturated rings. The van der Waals surface area contributed by atoms with Gasteiger partial charge in [-0.25, -0.2) is 9.78 Å². The number of hydrogen-bond donors (Lipinski definition) is 3. The Morgan fingerprint density at radius 2 is 2.33 bits per heavy atom. The fourth-order valence-corrected chi connectivity index (χ4v) is 2.13. The van der Waals surface area contributed by atoms with Gasteiger partial charge in [0.1, 0.15) is 18.2 Å². The second kappa shape index (κ2) is 6.20. The molecule has 1 aromatic heterocycles. The van der Waals surface area contributed by atoms with Gasteiger partial charge < -0.3 is 20.2 Å². The predicted molar refractivity (Wildman–Crippen MR) is 69.0 cm³/mol. The maximum atomic E-state index is 12.4. The molecule has 1 aliphatic heterocycles. The van der Waals surface area contributed by atoms with Gasteiger partial charge in [0.2, 0.25) is 5.91 Å². The first kappa shape index (κ1) is 14.8. The van der Waals surface area contributed by atoms with Crippen LogP contribution < -0.4 is 5.32 Å². The van der Waals surface area contributed by atoms with E-state index in [4.69, 9.17) is 5.11 Å². The van der Waals surface area contributed by atoms with Gasteiger partial charge in [0.15, 0.2) is 0 Å². The number of H-pyrrole nitrogens is 1. The molecule has 10 heteroatoms. The van der Waals surface area contributed by atoms with E-state index in [1.54, 1.807) is 7.05 Å². The first-order chi connectivity index (χ1) is 9.99. The number of nitrogens with one attached hydrogen (secondary N) is 2. The third-order valence-corrected chi connectivity index (χ3v) is 3.12. The standard InChI is InChI=1S/C11H16N6O4/c1-16(5-8-13-6-14-15-8)11(21)17-3-2-12-10(20)7(17)4-9(18)19/h6-7H,2-5H2,1H3,(H,12,20)(H,18,19)(H,13,14,15). The fourth-order valence-electron chi connectivity index (χ4n) is 2.13. The van der Waals surface area contributed by atoms with E-state index in [2.05, 4.69) is 20.5 Å². The highest BCUT2D eigenvalue weighted by molar-refractivity contribution is 5.91. The van der Waals surface area contributed by atoms with Gasteiger partial charge in [0.25, 0.3) is 0 Å². The Morgan fingerprint density at radius 3 is 2.95 bits per heavy atom. The number of amides is 3. The van der Waals surface area contributed by atoms with Crippen LogP contribution in [0.3, 0.4) is 0 Å². The molecule has 2 heterocycles. The Kier molecular flexibility index (Phi) is 4.36. The van der Waals surface area contributed by atoms with Gasteiger partial charge >= 0.3 is 12.0 Å². The van der Waals surface area contributed by atoms with Gasteiger partial charge in [-0.3, -0.25) is 14.7 Å². The van der Waals surface area contributed by atoms with Crippen molar-refractivity contribution in [2.75, 3.05) is 20.1 Å². The molecule has 1 atom stereocenters. The van der Waals surface area contributed by atoms with Crippen LogP contribution in [0, 0.1) is 0 Å². The molecular formula is C11H16N6O4. The minimum Gasteiger partial charge on any atom is -0.481 e. The molecular weight excluding hydrogens is 280 g/mol. The maximum Gasteiger partial charge on any atom is 0.320 e. The molecule has 0 radical (unpaired) electrons. The first-order valence-corrected chi connectivity index (χ1v) is 6.34. The summed E-state index contributed by atoms with van der Waals surface area (Å²) in [6, 6.07) is -1.42. The van der Waals surface area contributed by atoms with Crippen LogP contribution in [0.5, 0.6) is 0 Å². The van der Waals surface area contributed by atoms with Crippen molar-refractivity contribution in [1.82, 2.24) is 30.3 Å². The minimum absolute atomic E-state index is 0.191. The molecule has 0 spiro atoms. The number of piperazine rings is 1. The van der Waals surface area contributed by atoms with E-state index in [0.29, 0.717) is 12.4 Å². The quantitative estimate of drug-likeness (QED) is 0.628. The van der Waals surface area contributed by atoms with Gasteiger partial charge in [-0.2, -0.15) is 5.10 Å². The zero-order valence-electron chi connectivity index (χ0n) is 11.4. The van der Waals surface area contributed by atoms with Crippen molar-refractivity contribution in [2.24, 2.45) is 0 Å². The number of aliphatic carboxylic acids is 1. The van der Waals surface area contributed by atoms with Crippen LogP contribution in [0.1, 0.15) is 12.2 Å². The van der Waals surface area contributed by atoms with Gasteiger partial charge in [0.05, 0.1) is 13.0 Å². The average Bonchev–Trinajstić information content (AvgIpc) is 2.92. The zero-order chi connectivity index (χ0) is 15.4. The predicted octanol–water partition coefficient (Wildman–Crippen LogP) is -1.37. The summed E-state index contributed by atoms with van der Waals surface area (Å²) in [5, 5.41) is 17.8. The molecule has 1 unspecified atom stereocenters. The Balaban J connectivity index is 2.07. The monoisotopic (exact) mass is 296 g/mol. The van der Waals surface area contributed by atoms with E-state index in [1.165, 1.54) is 16.1 Å². The normalized spacial score (nSPS) is 18.2. The van der Waals surface area contributed by atoms with Crippen molar-refractivity contribution in [3.05, 3.63) is 12.2 Å². The topological polar surface area (TPSA) is 132 Å². The molecule has 1 saturated heterocycles. The summed E-state index contributed by atoms with van der Waals surface area (Å²) < 4.78 is 0. The highest BCUT2D eigenvalue weighted by atomic mass is 16.4. The lowest BCUT2D eigenvalue weighted by Crippen LogP contribution is -2.60. The van der Waals surface area contributed by atoms with Crippen LogP contribution in [0.2, 0.25) is 0 Å². The van der Waals surface area contributed by atoms with Crippen LogP contribution in [-0.2, 0) is 16.1 Å². The molecule has 0 aromatic carbocycles. The van der Waals surface area contributed by atoms with Crippen LogP contribution >= 0.6 is 0 Å². The molecule has 0 saturated carbocycles. The van der Waals surface area contributed by atoms with Crippen LogP contribution in [0.15, 0.2) is 6.33 Å². The smallest absolute Gasteiger partial charge is 0.320 e. The molecule has 21 heavy (non-hydrogen) atoms. The lowest BCUT2D eigenvalue weighted by atomic mass is 10.1. The highest BCUT2D eigenvalue weighted by Gasteiger charge is 2.36. The number of urea groups is 1. The van der Waals surface area contributed by atoms with Gasteiger partial charge in [0, 0.05) is 20.1 Å². The zero-order valence-corrected chi connectivity index (χ0v) is 11.4. The third kappa shape index (κ3) is 3.46. The number of nitrogens with zero attached hydrogens (tertiary/aromatic N) is 4. The molecule has 3 N–H and O–H groups in total. The molecule has 1 aliphatic rings. The third-order valence-electron chi connectivity index (χ3n) is 3.12. The highest BCUT2D eigenvalue weighted by Crippen LogP contribution is 2.12. The number of carboxylic acid groups (broad SMARTS) is 1. The fraction of sp³-hybridized carbons (Fsp3) is 0.545. The Hall–Kier alpha value is -2.65. The van der Waals surface area contributed by atoms with Gasteiger partial charge in [-0.15, -0.1) is 0 Å². The number of hydrogen-bond acceptors (Lipinski definition) is 5. The largest absolute Gasteiger partial charge is 0.481 e. The van der Waals surface area contributed by atoms with Crippen molar-refractivity contribution in [3.8, 4) is 0 Å². The van der Waals surface area contributed by atoms with Crippen molar-refractivity contribution in [1.29, 1.82) is 0 Å². The molecule has 1 aromatic rings. The summed E-state index contributed by atoms with van der Waals surface area (Å²) in [5.74, 6) is -1.08. The van der Waals surface area contributed by atoms with Crippen molar-refractivity contribution in [2.45, 2.75) is 19.0 Å². The summed E-state index contributed by atoms with van der Waals surface area (Å²) in [5.41, 5.74) is 0. The maximum absolute atomic E-state index is 12.4.